The lowest BCUT2D eigenvalue weighted by atomic mass is 9.79. The molecule has 3 rings (SSSR count). The number of hydrogen-bond donors (Lipinski definition) is 2. The molecule has 0 aromatic heterocycles. The van der Waals surface area contributed by atoms with Crippen LogP contribution in [0.15, 0.2) is 54.6 Å². The third kappa shape index (κ3) is 6.09. The van der Waals surface area contributed by atoms with E-state index in [0.717, 1.165) is 62.7 Å². The van der Waals surface area contributed by atoms with Crippen molar-refractivity contribution in [2.45, 2.75) is 63.8 Å². The maximum Gasteiger partial charge on any atom is 0.326 e. The van der Waals surface area contributed by atoms with Crippen molar-refractivity contribution in [2.75, 3.05) is 7.11 Å². The topological polar surface area (TPSA) is 75.6 Å². The fourth-order valence-corrected chi connectivity index (χ4v) is 4.69. The summed E-state index contributed by atoms with van der Waals surface area (Å²) in [7, 11) is 1.69. The van der Waals surface area contributed by atoms with Gasteiger partial charge < -0.3 is 15.2 Å². The van der Waals surface area contributed by atoms with Crippen molar-refractivity contribution in [2.24, 2.45) is 5.41 Å². The van der Waals surface area contributed by atoms with Gasteiger partial charge in [0.05, 0.1) is 7.11 Å². The SMILES string of the molecule is COc1ccccc1CCCCC1(C(=O)N[C@@H](Cc2ccccc2)C(=O)O)CCCC1. The van der Waals surface area contributed by atoms with Crippen molar-refractivity contribution < 1.29 is 19.4 Å². The highest BCUT2D eigenvalue weighted by molar-refractivity contribution is 5.87. The number of unbranched alkanes of at least 4 members (excludes halogenated alkanes) is 1. The number of carbonyl (C=O) groups is 2. The van der Waals surface area contributed by atoms with Gasteiger partial charge in [0, 0.05) is 11.8 Å². The normalized spacial score (nSPS) is 15.9. The van der Waals surface area contributed by atoms with E-state index in [1.54, 1.807) is 7.11 Å². The van der Waals surface area contributed by atoms with Crippen LogP contribution in [0.5, 0.6) is 5.75 Å². The Morgan fingerprint density at radius 3 is 2.39 bits per heavy atom. The molecule has 1 aliphatic carbocycles. The van der Waals surface area contributed by atoms with E-state index in [4.69, 9.17) is 4.74 Å². The molecule has 2 aromatic carbocycles. The van der Waals surface area contributed by atoms with Gasteiger partial charge in [0.1, 0.15) is 11.8 Å². The number of carbonyl (C=O) groups excluding carboxylic acids is 1. The summed E-state index contributed by atoms with van der Waals surface area (Å²) in [6.07, 6.45) is 7.64. The molecule has 0 saturated heterocycles. The van der Waals surface area contributed by atoms with Gasteiger partial charge in [-0.25, -0.2) is 4.79 Å². The van der Waals surface area contributed by atoms with Crippen LogP contribution in [0.1, 0.15) is 56.1 Å². The molecule has 0 unspecified atom stereocenters. The van der Waals surface area contributed by atoms with Gasteiger partial charge >= 0.3 is 5.97 Å². The molecule has 0 radical (unpaired) electrons. The average Bonchev–Trinajstić information content (AvgIpc) is 3.27. The molecule has 0 heterocycles. The van der Waals surface area contributed by atoms with Crippen LogP contribution in [0.2, 0.25) is 0 Å². The Hall–Kier alpha value is -2.82. The summed E-state index contributed by atoms with van der Waals surface area (Å²) in [6.45, 7) is 0. The molecule has 1 fully saturated rings. The number of hydrogen-bond acceptors (Lipinski definition) is 3. The Morgan fingerprint density at radius 2 is 1.71 bits per heavy atom. The summed E-state index contributed by atoms with van der Waals surface area (Å²) < 4.78 is 5.43. The van der Waals surface area contributed by atoms with Crippen LogP contribution in [0, 0.1) is 5.41 Å². The Labute approximate surface area is 184 Å². The van der Waals surface area contributed by atoms with Crippen LogP contribution >= 0.6 is 0 Å². The zero-order valence-corrected chi connectivity index (χ0v) is 18.3. The van der Waals surface area contributed by atoms with Crippen LogP contribution < -0.4 is 10.1 Å². The van der Waals surface area contributed by atoms with Crippen molar-refractivity contribution >= 4 is 11.9 Å². The van der Waals surface area contributed by atoms with E-state index in [0.29, 0.717) is 6.42 Å². The molecule has 1 saturated carbocycles. The first kappa shape index (κ1) is 22.9. The van der Waals surface area contributed by atoms with Crippen molar-refractivity contribution in [3.05, 3.63) is 65.7 Å². The average molecular weight is 424 g/mol. The van der Waals surface area contributed by atoms with Gasteiger partial charge in [-0.05, 0) is 49.3 Å². The lowest BCUT2D eigenvalue weighted by Crippen LogP contribution is -2.48. The highest BCUT2D eigenvalue weighted by atomic mass is 16.5. The number of para-hydroxylation sites is 1. The predicted molar refractivity (Wildman–Crippen MR) is 121 cm³/mol. The molecule has 0 aliphatic heterocycles. The Bertz CT molecular complexity index is 859. The molecule has 0 spiro atoms. The van der Waals surface area contributed by atoms with Gasteiger partial charge in [-0.1, -0.05) is 67.8 Å². The molecule has 0 bridgehead atoms. The van der Waals surface area contributed by atoms with Gasteiger partial charge in [0.2, 0.25) is 5.91 Å². The van der Waals surface area contributed by atoms with E-state index in [2.05, 4.69) is 11.4 Å². The number of methoxy groups -OCH3 is 1. The molecule has 5 heteroatoms. The summed E-state index contributed by atoms with van der Waals surface area (Å²) in [5, 5.41) is 12.5. The number of benzene rings is 2. The maximum atomic E-state index is 13.2. The Morgan fingerprint density at radius 1 is 1.03 bits per heavy atom. The fourth-order valence-electron chi connectivity index (χ4n) is 4.69. The quantitative estimate of drug-likeness (QED) is 0.510. The summed E-state index contributed by atoms with van der Waals surface area (Å²) in [5.74, 6) is -0.173. The fraction of sp³-hybridized carbons (Fsp3) is 0.462. The maximum absolute atomic E-state index is 13.2. The lowest BCUT2D eigenvalue weighted by molar-refractivity contribution is -0.144. The van der Waals surface area contributed by atoms with Crippen LogP contribution in [-0.4, -0.2) is 30.1 Å². The van der Waals surface area contributed by atoms with E-state index in [9.17, 15) is 14.7 Å². The molecular formula is C26H33NO4. The molecule has 2 N–H and O–H groups in total. The monoisotopic (exact) mass is 423 g/mol. The largest absolute Gasteiger partial charge is 0.496 e. The van der Waals surface area contributed by atoms with E-state index < -0.39 is 17.4 Å². The highest BCUT2D eigenvalue weighted by Gasteiger charge is 2.41. The predicted octanol–water partition coefficient (Wildman–Crippen LogP) is 4.78. The van der Waals surface area contributed by atoms with Gasteiger partial charge in [-0.15, -0.1) is 0 Å². The van der Waals surface area contributed by atoms with Crippen LogP contribution in [0.3, 0.4) is 0 Å². The second-order valence-corrected chi connectivity index (χ2v) is 8.56. The molecule has 1 atom stereocenters. The Kier molecular flexibility index (Phi) is 8.10. The lowest BCUT2D eigenvalue weighted by Gasteiger charge is -2.29. The number of nitrogens with one attached hydrogen (secondary N) is 1. The van der Waals surface area contributed by atoms with Gasteiger partial charge in [0.25, 0.3) is 0 Å². The highest BCUT2D eigenvalue weighted by Crippen LogP contribution is 2.43. The first-order valence-electron chi connectivity index (χ1n) is 11.2. The molecule has 5 nitrogen and oxygen atoms in total. The van der Waals surface area contributed by atoms with Gasteiger partial charge in [-0.2, -0.15) is 0 Å². The van der Waals surface area contributed by atoms with E-state index >= 15 is 0 Å². The molecule has 166 valence electrons. The number of carboxylic acid groups (broad SMARTS) is 1. The van der Waals surface area contributed by atoms with Crippen LogP contribution in [0.25, 0.3) is 0 Å². The van der Waals surface area contributed by atoms with Crippen molar-refractivity contribution in [3.63, 3.8) is 0 Å². The number of amides is 1. The second-order valence-electron chi connectivity index (χ2n) is 8.56. The third-order valence-electron chi connectivity index (χ3n) is 6.47. The smallest absolute Gasteiger partial charge is 0.326 e. The Balaban J connectivity index is 1.58. The summed E-state index contributed by atoms with van der Waals surface area (Å²) in [4.78, 5) is 25.1. The second kappa shape index (κ2) is 11.0. The number of rotatable bonds is 11. The third-order valence-corrected chi connectivity index (χ3v) is 6.47. The number of ether oxygens (including phenoxy) is 1. The van der Waals surface area contributed by atoms with Gasteiger partial charge in [0.15, 0.2) is 0 Å². The molecule has 1 aliphatic rings. The summed E-state index contributed by atoms with van der Waals surface area (Å²) in [5.41, 5.74) is 1.65. The van der Waals surface area contributed by atoms with E-state index in [1.807, 2.05) is 48.5 Å². The van der Waals surface area contributed by atoms with E-state index in [1.165, 1.54) is 5.56 Å². The van der Waals surface area contributed by atoms with Crippen molar-refractivity contribution in [1.82, 2.24) is 5.32 Å². The minimum absolute atomic E-state index is 0.0920. The zero-order valence-electron chi connectivity index (χ0n) is 18.3. The van der Waals surface area contributed by atoms with Crippen LogP contribution in [0.4, 0.5) is 0 Å². The first-order valence-corrected chi connectivity index (χ1v) is 11.2. The van der Waals surface area contributed by atoms with Crippen molar-refractivity contribution in [3.8, 4) is 5.75 Å². The standard InChI is InChI=1S/C26H33NO4/c1-31-23-15-6-5-13-21(23)14-7-8-16-26(17-9-10-18-26)25(30)27-22(24(28)29)19-20-11-3-2-4-12-20/h2-6,11-13,15,22H,7-10,14,16-19H2,1H3,(H,27,30)(H,28,29)/t22-/m0/s1. The van der Waals surface area contributed by atoms with Gasteiger partial charge in [-0.3, -0.25) is 4.79 Å². The minimum atomic E-state index is -0.985. The summed E-state index contributed by atoms with van der Waals surface area (Å²) >= 11 is 0. The van der Waals surface area contributed by atoms with Crippen molar-refractivity contribution in [1.29, 1.82) is 0 Å². The number of aryl methyl sites for hydroxylation is 1. The number of aliphatic carboxylic acids is 1. The first-order chi connectivity index (χ1) is 15.0. The molecule has 1 amide bonds. The molecule has 31 heavy (non-hydrogen) atoms. The zero-order chi connectivity index (χ0) is 22.1. The molecular weight excluding hydrogens is 390 g/mol. The molecule has 2 aromatic rings. The van der Waals surface area contributed by atoms with Crippen LogP contribution in [-0.2, 0) is 22.4 Å². The minimum Gasteiger partial charge on any atom is -0.496 e. The number of carboxylic acids is 1. The van der Waals surface area contributed by atoms with E-state index in [-0.39, 0.29) is 5.91 Å². The summed E-state index contributed by atoms with van der Waals surface area (Å²) in [6, 6.07) is 16.6.